The van der Waals surface area contributed by atoms with Crippen LogP contribution in [0.25, 0.3) is 4.96 Å². The summed E-state index contributed by atoms with van der Waals surface area (Å²) in [5.74, 6) is 0. The van der Waals surface area contributed by atoms with Gasteiger partial charge >= 0.3 is 0 Å². The van der Waals surface area contributed by atoms with Gasteiger partial charge in [0.1, 0.15) is 0 Å². The molecule has 3 aromatic rings. The molecule has 0 radical (unpaired) electrons. The fourth-order valence-electron chi connectivity index (χ4n) is 1.91. The van der Waals surface area contributed by atoms with Crippen molar-refractivity contribution in [3.05, 3.63) is 46.3 Å². The highest BCUT2D eigenvalue weighted by molar-refractivity contribution is 7.89. The minimum Gasteiger partial charge on any atom is -0.279 e. The minimum atomic E-state index is -3.77. The van der Waals surface area contributed by atoms with Crippen molar-refractivity contribution < 1.29 is 8.42 Å². The lowest BCUT2D eigenvalue weighted by molar-refractivity contribution is 0.575. The second-order valence-electron chi connectivity index (χ2n) is 4.35. The van der Waals surface area contributed by atoms with Crippen LogP contribution in [0.15, 0.2) is 34.9 Å². The van der Waals surface area contributed by atoms with E-state index in [2.05, 4.69) is 14.7 Å². The van der Waals surface area contributed by atoms with Gasteiger partial charge in [0.25, 0.3) is 10.0 Å². The van der Waals surface area contributed by atoms with Crippen LogP contribution in [0.1, 0.15) is 11.3 Å². The fourth-order valence-corrected chi connectivity index (χ4v) is 4.35. The van der Waals surface area contributed by atoms with E-state index in [-0.39, 0.29) is 16.7 Å². The number of rotatable bonds is 4. The van der Waals surface area contributed by atoms with Crippen molar-refractivity contribution in [3.63, 3.8) is 0 Å². The molecular formula is C12H11ClN4O2S2. The summed E-state index contributed by atoms with van der Waals surface area (Å²) >= 11 is 7.26. The molecule has 9 heteroatoms. The van der Waals surface area contributed by atoms with E-state index in [4.69, 9.17) is 11.6 Å². The molecule has 0 aliphatic carbocycles. The minimum absolute atomic E-state index is 0.0351. The summed E-state index contributed by atoms with van der Waals surface area (Å²) in [4.78, 5) is 8.72. The van der Waals surface area contributed by atoms with E-state index < -0.39 is 10.0 Å². The van der Waals surface area contributed by atoms with E-state index in [1.807, 2.05) is 13.0 Å². The largest absolute Gasteiger partial charge is 0.279 e. The van der Waals surface area contributed by atoms with E-state index in [1.165, 1.54) is 15.7 Å². The maximum atomic E-state index is 12.4. The Morgan fingerprint density at radius 1 is 1.48 bits per heavy atom. The van der Waals surface area contributed by atoms with Crippen molar-refractivity contribution in [3.8, 4) is 0 Å². The van der Waals surface area contributed by atoms with Crippen LogP contribution in [0.2, 0.25) is 5.15 Å². The molecule has 0 aliphatic heterocycles. The summed E-state index contributed by atoms with van der Waals surface area (Å²) in [5.41, 5.74) is 1.59. The first-order valence-corrected chi connectivity index (χ1v) is 8.74. The number of hydrogen-bond acceptors (Lipinski definition) is 5. The Balaban J connectivity index is 1.93. The van der Waals surface area contributed by atoms with E-state index in [0.717, 1.165) is 5.56 Å². The zero-order chi connectivity index (χ0) is 15.0. The molecule has 0 saturated heterocycles. The Bertz CT molecular complexity index is 901. The molecule has 3 heterocycles. The standard InChI is InChI=1S/C12H11ClN4O2S2/c1-8-3-2-4-14-9(8)7-15-21(18,19)11-10(13)16-12-17(11)5-6-20-12/h2-6,15H,7H2,1H3. The second-order valence-corrected chi connectivity index (χ2v) is 7.27. The molecule has 0 saturated carbocycles. The summed E-state index contributed by atoms with van der Waals surface area (Å²) in [7, 11) is -3.77. The van der Waals surface area contributed by atoms with Crippen molar-refractivity contribution in [1.82, 2.24) is 19.1 Å². The summed E-state index contributed by atoms with van der Waals surface area (Å²) in [6, 6.07) is 3.68. The van der Waals surface area contributed by atoms with Crippen LogP contribution in [-0.2, 0) is 16.6 Å². The summed E-state index contributed by atoms with van der Waals surface area (Å²) < 4.78 is 28.8. The van der Waals surface area contributed by atoms with Gasteiger partial charge in [-0.2, -0.15) is 0 Å². The van der Waals surface area contributed by atoms with E-state index >= 15 is 0 Å². The summed E-state index contributed by atoms with van der Waals surface area (Å²) in [6.07, 6.45) is 3.25. The number of hydrogen-bond donors (Lipinski definition) is 1. The second kappa shape index (κ2) is 5.38. The molecule has 0 unspecified atom stereocenters. The van der Waals surface area contributed by atoms with Gasteiger partial charge in [0.2, 0.25) is 0 Å². The monoisotopic (exact) mass is 342 g/mol. The van der Waals surface area contributed by atoms with Gasteiger partial charge in [0.05, 0.1) is 12.2 Å². The van der Waals surface area contributed by atoms with Gasteiger partial charge in [-0.3, -0.25) is 9.38 Å². The molecule has 0 amide bonds. The molecular weight excluding hydrogens is 332 g/mol. The molecule has 3 aromatic heterocycles. The van der Waals surface area contributed by atoms with Crippen LogP contribution in [0.3, 0.4) is 0 Å². The first kappa shape index (κ1) is 14.5. The summed E-state index contributed by atoms with van der Waals surface area (Å²) in [5, 5.41) is 1.67. The zero-order valence-electron chi connectivity index (χ0n) is 10.9. The highest BCUT2D eigenvalue weighted by atomic mass is 35.5. The first-order valence-electron chi connectivity index (χ1n) is 6.00. The molecule has 0 bridgehead atoms. The Morgan fingerprint density at radius 3 is 3.05 bits per heavy atom. The Morgan fingerprint density at radius 2 is 2.29 bits per heavy atom. The molecule has 6 nitrogen and oxygen atoms in total. The Kier molecular flexibility index (Phi) is 3.70. The SMILES string of the molecule is Cc1cccnc1CNS(=O)(=O)c1c(Cl)nc2sccn12. The number of nitrogens with one attached hydrogen (secondary N) is 1. The number of aryl methyl sites for hydroxylation is 1. The third-order valence-electron chi connectivity index (χ3n) is 2.98. The Hall–Kier alpha value is -1.48. The van der Waals surface area contributed by atoms with Gasteiger partial charge in [-0.25, -0.2) is 18.1 Å². The van der Waals surface area contributed by atoms with Crippen molar-refractivity contribution in [2.24, 2.45) is 0 Å². The lowest BCUT2D eigenvalue weighted by atomic mass is 10.2. The lowest BCUT2D eigenvalue weighted by Crippen LogP contribution is -2.25. The van der Waals surface area contributed by atoms with Gasteiger partial charge in [-0.15, -0.1) is 11.3 Å². The lowest BCUT2D eigenvalue weighted by Gasteiger charge is -2.07. The molecule has 0 spiro atoms. The van der Waals surface area contributed by atoms with Crippen molar-refractivity contribution in [1.29, 1.82) is 0 Å². The van der Waals surface area contributed by atoms with E-state index in [1.54, 1.807) is 23.8 Å². The molecule has 0 fully saturated rings. The van der Waals surface area contributed by atoms with Crippen molar-refractivity contribution >= 4 is 37.9 Å². The number of aromatic nitrogens is 3. The van der Waals surface area contributed by atoms with Gasteiger partial charge < -0.3 is 0 Å². The quantitative estimate of drug-likeness (QED) is 0.788. The highest BCUT2D eigenvalue weighted by Gasteiger charge is 2.25. The normalized spacial score (nSPS) is 12.1. The molecule has 110 valence electrons. The molecule has 0 atom stereocenters. The maximum absolute atomic E-state index is 12.4. The van der Waals surface area contributed by atoms with Gasteiger partial charge in [-0.05, 0) is 18.6 Å². The smallest absolute Gasteiger partial charge is 0.260 e. The van der Waals surface area contributed by atoms with E-state index in [0.29, 0.717) is 10.7 Å². The third-order valence-corrected chi connectivity index (χ3v) is 5.54. The van der Waals surface area contributed by atoms with Crippen LogP contribution >= 0.6 is 22.9 Å². The fraction of sp³-hybridized carbons (Fsp3) is 0.167. The predicted octanol–water partition coefficient (Wildman–Crippen LogP) is 2.23. The average Bonchev–Trinajstić information content (AvgIpc) is 2.97. The molecule has 21 heavy (non-hydrogen) atoms. The van der Waals surface area contributed by atoms with Crippen LogP contribution in [-0.4, -0.2) is 22.8 Å². The van der Waals surface area contributed by atoms with E-state index in [9.17, 15) is 8.42 Å². The molecule has 1 N–H and O–H groups in total. The van der Waals surface area contributed by atoms with Crippen molar-refractivity contribution in [2.45, 2.75) is 18.5 Å². The number of nitrogens with zero attached hydrogens (tertiary/aromatic N) is 3. The first-order chi connectivity index (χ1) is 9.99. The van der Waals surface area contributed by atoms with Crippen LogP contribution < -0.4 is 4.72 Å². The Labute approximate surface area is 130 Å². The molecule has 0 aromatic carbocycles. The number of halogens is 1. The molecule has 3 rings (SSSR count). The number of thiazole rings is 1. The van der Waals surface area contributed by atoms with Crippen LogP contribution in [0.5, 0.6) is 0 Å². The summed E-state index contributed by atoms with van der Waals surface area (Å²) in [6.45, 7) is 1.97. The average molecular weight is 343 g/mol. The number of imidazole rings is 1. The van der Waals surface area contributed by atoms with Gasteiger partial charge in [0, 0.05) is 17.8 Å². The van der Waals surface area contributed by atoms with Gasteiger partial charge in [0.15, 0.2) is 15.1 Å². The number of sulfonamides is 1. The topological polar surface area (TPSA) is 76.4 Å². The highest BCUT2D eigenvalue weighted by Crippen LogP contribution is 2.25. The number of fused-ring (bicyclic) bond motifs is 1. The zero-order valence-corrected chi connectivity index (χ0v) is 13.3. The number of pyridine rings is 1. The maximum Gasteiger partial charge on any atom is 0.260 e. The van der Waals surface area contributed by atoms with Gasteiger partial charge in [-0.1, -0.05) is 17.7 Å². The van der Waals surface area contributed by atoms with Crippen LogP contribution in [0.4, 0.5) is 0 Å². The van der Waals surface area contributed by atoms with Crippen LogP contribution in [0, 0.1) is 6.92 Å². The molecule has 0 aliphatic rings. The predicted molar refractivity (Wildman–Crippen MR) is 81.1 cm³/mol. The third kappa shape index (κ3) is 2.67. The van der Waals surface area contributed by atoms with Crippen molar-refractivity contribution in [2.75, 3.05) is 0 Å².